The van der Waals surface area contributed by atoms with Crippen molar-refractivity contribution in [1.29, 1.82) is 0 Å². The van der Waals surface area contributed by atoms with Crippen molar-refractivity contribution in [2.75, 3.05) is 6.54 Å². The lowest BCUT2D eigenvalue weighted by atomic mass is 10.2. The van der Waals surface area contributed by atoms with Gasteiger partial charge in [-0.15, -0.1) is 0 Å². The molecule has 3 nitrogen and oxygen atoms in total. The molecule has 0 bridgehead atoms. The largest absolute Gasteiger partial charge is 0.439 e. The van der Waals surface area contributed by atoms with Crippen LogP contribution in [-0.4, -0.2) is 11.5 Å². The van der Waals surface area contributed by atoms with Crippen LogP contribution in [0.5, 0.6) is 0 Å². The Balaban J connectivity index is 2.24. The van der Waals surface area contributed by atoms with Crippen molar-refractivity contribution in [2.45, 2.75) is 13.5 Å². The van der Waals surface area contributed by atoms with E-state index in [2.05, 4.69) is 26.2 Å². The first kappa shape index (κ1) is 12.6. The second kappa shape index (κ2) is 5.67. The van der Waals surface area contributed by atoms with E-state index in [1.807, 2.05) is 25.1 Å². The highest BCUT2D eigenvalue weighted by Crippen LogP contribution is 2.27. The lowest BCUT2D eigenvalue weighted by Crippen LogP contribution is -2.11. The number of rotatable bonds is 4. The second-order valence-electron chi connectivity index (χ2n) is 3.56. The van der Waals surface area contributed by atoms with Gasteiger partial charge in [-0.1, -0.05) is 34.5 Å². The number of hydrogen-bond donors (Lipinski definition) is 1. The van der Waals surface area contributed by atoms with Crippen LogP contribution in [-0.2, 0) is 6.54 Å². The highest BCUT2D eigenvalue weighted by molar-refractivity contribution is 9.10. The standard InChI is InChI=1S/C12H12BrClN2O/c1-2-15-7-12-16-6-11(17-12)8-3-9(13)5-10(14)4-8/h3-6,15H,2,7H2,1H3. The Labute approximate surface area is 113 Å². The fraction of sp³-hybridized carbons (Fsp3) is 0.250. The average molecular weight is 316 g/mol. The maximum Gasteiger partial charge on any atom is 0.208 e. The van der Waals surface area contributed by atoms with Gasteiger partial charge < -0.3 is 9.73 Å². The van der Waals surface area contributed by atoms with Gasteiger partial charge in [0, 0.05) is 15.1 Å². The molecule has 1 aromatic carbocycles. The molecule has 1 N–H and O–H groups in total. The number of hydrogen-bond acceptors (Lipinski definition) is 3. The van der Waals surface area contributed by atoms with Gasteiger partial charge in [-0.3, -0.25) is 0 Å². The van der Waals surface area contributed by atoms with Gasteiger partial charge in [-0.05, 0) is 24.7 Å². The summed E-state index contributed by atoms with van der Waals surface area (Å²) in [6, 6.07) is 5.63. The van der Waals surface area contributed by atoms with Gasteiger partial charge in [0.1, 0.15) is 0 Å². The van der Waals surface area contributed by atoms with Crippen LogP contribution in [0.15, 0.2) is 33.3 Å². The third kappa shape index (κ3) is 3.31. The zero-order chi connectivity index (χ0) is 12.3. The second-order valence-corrected chi connectivity index (χ2v) is 4.91. The minimum Gasteiger partial charge on any atom is -0.439 e. The van der Waals surface area contributed by atoms with Gasteiger partial charge in [0.2, 0.25) is 5.89 Å². The molecule has 17 heavy (non-hydrogen) atoms. The van der Waals surface area contributed by atoms with E-state index in [0.29, 0.717) is 17.5 Å². The first-order valence-corrected chi connectivity index (χ1v) is 6.48. The smallest absolute Gasteiger partial charge is 0.208 e. The van der Waals surface area contributed by atoms with Gasteiger partial charge in [-0.2, -0.15) is 0 Å². The van der Waals surface area contributed by atoms with Crippen molar-refractivity contribution < 1.29 is 4.42 Å². The molecule has 0 aliphatic carbocycles. The molecular formula is C12H12BrClN2O. The summed E-state index contributed by atoms with van der Waals surface area (Å²) in [5.74, 6) is 1.40. The SMILES string of the molecule is CCNCc1ncc(-c2cc(Cl)cc(Br)c2)o1. The fourth-order valence-electron chi connectivity index (χ4n) is 1.45. The van der Waals surface area contributed by atoms with Crippen molar-refractivity contribution in [2.24, 2.45) is 0 Å². The summed E-state index contributed by atoms with van der Waals surface area (Å²) in [6.45, 7) is 3.57. The maximum absolute atomic E-state index is 5.99. The summed E-state index contributed by atoms with van der Waals surface area (Å²) < 4.78 is 6.55. The normalized spacial score (nSPS) is 10.8. The molecule has 0 unspecified atom stereocenters. The van der Waals surface area contributed by atoms with Crippen LogP contribution in [0.25, 0.3) is 11.3 Å². The van der Waals surface area contributed by atoms with Gasteiger partial charge in [0.05, 0.1) is 12.7 Å². The topological polar surface area (TPSA) is 38.1 Å². The van der Waals surface area contributed by atoms with Crippen LogP contribution >= 0.6 is 27.5 Å². The van der Waals surface area contributed by atoms with E-state index in [4.69, 9.17) is 16.0 Å². The average Bonchev–Trinajstić information content (AvgIpc) is 2.73. The summed E-state index contributed by atoms with van der Waals surface area (Å²) in [4.78, 5) is 4.20. The van der Waals surface area contributed by atoms with Gasteiger partial charge in [0.25, 0.3) is 0 Å². The lowest BCUT2D eigenvalue weighted by Gasteiger charge is -1.99. The summed E-state index contributed by atoms with van der Waals surface area (Å²) in [7, 11) is 0. The van der Waals surface area contributed by atoms with Crippen LogP contribution in [0.2, 0.25) is 5.02 Å². The number of oxazole rings is 1. The van der Waals surface area contributed by atoms with Crippen LogP contribution in [0.3, 0.4) is 0 Å². The number of benzene rings is 1. The molecule has 0 saturated carbocycles. The van der Waals surface area contributed by atoms with E-state index in [0.717, 1.165) is 22.3 Å². The van der Waals surface area contributed by atoms with E-state index in [1.54, 1.807) is 6.20 Å². The fourth-order valence-corrected chi connectivity index (χ4v) is 2.31. The van der Waals surface area contributed by atoms with E-state index < -0.39 is 0 Å². The zero-order valence-electron chi connectivity index (χ0n) is 9.34. The van der Waals surface area contributed by atoms with Crippen molar-refractivity contribution >= 4 is 27.5 Å². The summed E-state index contributed by atoms with van der Waals surface area (Å²) in [6.07, 6.45) is 1.71. The van der Waals surface area contributed by atoms with Gasteiger partial charge in [0.15, 0.2) is 5.76 Å². The third-order valence-corrected chi connectivity index (χ3v) is 2.90. The molecule has 0 saturated heterocycles. The van der Waals surface area contributed by atoms with Crippen molar-refractivity contribution in [1.82, 2.24) is 10.3 Å². The Morgan fingerprint density at radius 2 is 2.24 bits per heavy atom. The molecule has 0 radical (unpaired) electrons. The van der Waals surface area contributed by atoms with Gasteiger partial charge >= 0.3 is 0 Å². The highest BCUT2D eigenvalue weighted by atomic mass is 79.9. The first-order valence-electron chi connectivity index (χ1n) is 5.31. The van der Waals surface area contributed by atoms with E-state index in [9.17, 15) is 0 Å². The third-order valence-electron chi connectivity index (χ3n) is 2.23. The molecule has 0 fully saturated rings. The molecule has 2 rings (SSSR count). The highest BCUT2D eigenvalue weighted by Gasteiger charge is 2.07. The molecular weight excluding hydrogens is 304 g/mol. The Morgan fingerprint density at radius 3 is 2.94 bits per heavy atom. The molecule has 0 spiro atoms. The maximum atomic E-state index is 5.99. The number of nitrogens with one attached hydrogen (secondary N) is 1. The molecule has 1 aromatic heterocycles. The predicted molar refractivity (Wildman–Crippen MR) is 72.0 cm³/mol. The molecule has 2 aromatic rings. The number of halogens is 2. The van der Waals surface area contributed by atoms with Crippen molar-refractivity contribution in [3.63, 3.8) is 0 Å². The van der Waals surface area contributed by atoms with Crippen LogP contribution in [0.4, 0.5) is 0 Å². The van der Waals surface area contributed by atoms with Crippen molar-refractivity contribution in [3.8, 4) is 11.3 Å². The Morgan fingerprint density at radius 1 is 1.41 bits per heavy atom. The minimum atomic E-state index is 0.637. The molecule has 5 heteroatoms. The lowest BCUT2D eigenvalue weighted by molar-refractivity contribution is 0.482. The van der Waals surface area contributed by atoms with E-state index >= 15 is 0 Å². The Kier molecular flexibility index (Phi) is 4.20. The molecule has 0 atom stereocenters. The first-order chi connectivity index (χ1) is 8.19. The summed E-state index contributed by atoms with van der Waals surface area (Å²) in [5.41, 5.74) is 0.916. The Bertz CT molecular complexity index is 493. The number of aromatic nitrogens is 1. The monoisotopic (exact) mass is 314 g/mol. The molecule has 0 aliphatic rings. The minimum absolute atomic E-state index is 0.637. The van der Waals surface area contributed by atoms with Crippen LogP contribution < -0.4 is 5.32 Å². The predicted octanol–water partition coefficient (Wildman–Crippen LogP) is 3.87. The molecule has 0 aliphatic heterocycles. The van der Waals surface area contributed by atoms with E-state index in [1.165, 1.54) is 0 Å². The van der Waals surface area contributed by atoms with Gasteiger partial charge in [-0.25, -0.2) is 4.98 Å². The Hall–Kier alpha value is -0.840. The van der Waals surface area contributed by atoms with Crippen LogP contribution in [0, 0.1) is 0 Å². The molecule has 1 heterocycles. The quantitative estimate of drug-likeness (QED) is 0.931. The number of nitrogens with zero attached hydrogens (tertiary/aromatic N) is 1. The van der Waals surface area contributed by atoms with Crippen LogP contribution in [0.1, 0.15) is 12.8 Å². The summed E-state index contributed by atoms with van der Waals surface area (Å²) in [5, 5.41) is 3.83. The summed E-state index contributed by atoms with van der Waals surface area (Å²) >= 11 is 9.39. The molecule has 0 amide bonds. The zero-order valence-corrected chi connectivity index (χ0v) is 11.7. The van der Waals surface area contributed by atoms with E-state index in [-0.39, 0.29) is 0 Å². The molecule has 90 valence electrons. The van der Waals surface area contributed by atoms with Crippen molar-refractivity contribution in [3.05, 3.63) is 39.8 Å².